The van der Waals surface area contributed by atoms with Crippen LogP contribution in [0.15, 0.2) is 78.9 Å². The van der Waals surface area contributed by atoms with Crippen molar-refractivity contribution in [3.05, 3.63) is 113 Å². The standard InChI is InChI=1S/C37H39FN4O3/c1-24-25(2)42(19-18-41-16-14-40(3)15-17-41)33-13-6-27(21-32(24)33)20-26-4-7-29(8-5-26)37(45)39-31-22-34(43)36(35(44)23-31)28-9-11-30(38)12-10-28/h4-13,21-23,43-44H,14-20H2,1-3H3,(H,39,45). The van der Waals surface area contributed by atoms with Crippen molar-refractivity contribution in [1.29, 1.82) is 0 Å². The van der Waals surface area contributed by atoms with Gasteiger partial charge in [0.05, 0.1) is 5.56 Å². The van der Waals surface area contributed by atoms with Crippen molar-refractivity contribution >= 4 is 22.5 Å². The lowest BCUT2D eigenvalue weighted by atomic mass is 10.0. The lowest BCUT2D eigenvalue weighted by Gasteiger charge is -2.32. The summed E-state index contributed by atoms with van der Waals surface area (Å²) in [5, 5.41) is 25.1. The van der Waals surface area contributed by atoms with Crippen LogP contribution in [-0.2, 0) is 13.0 Å². The predicted molar refractivity (Wildman–Crippen MR) is 178 cm³/mol. The molecule has 7 nitrogen and oxygen atoms in total. The molecule has 4 aromatic carbocycles. The minimum absolute atomic E-state index is 0.170. The van der Waals surface area contributed by atoms with Gasteiger partial charge in [-0.15, -0.1) is 0 Å². The first-order valence-electron chi connectivity index (χ1n) is 15.4. The summed E-state index contributed by atoms with van der Waals surface area (Å²) < 4.78 is 15.8. The molecule has 1 aromatic heterocycles. The average molecular weight is 607 g/mol. The highest BCUT2D eigenvalue weighted by Gasteiger charge is 2.17. The summed E-state index contributed by atoms with van der Waals surface area (Å²) in [7, 11) is 2.19. The molecule has 6 rings (SSSR count). The van der Waals surface area contributed by atoms with Crippen LogP contribution in [0.2, 0.25) is 0 Å². The van der Waals surface area contributed by atoms with E-state index in [0.29, 0.717) is 11.1 Å². The number of carbonyl (C=O) groups is 1. The van der Waals surface area contributed by atoms with Gasteiger partial charge < -0.3 is 25.0 Å². The summed E-state index contributed by atoms with van der Waals surface area (Å²) in [5.41, 5.74) is 7.56. The molecule has 8 heteroatoms. The number of nitrogens with zero attached hydrogens (tertiary/aromatic N) is 3. The summed E-state index contributed by atoms with van der Waals surface area (Å²) in [6, 6.07) is 22.4. The molecular weight excluding hydrogens is 567 g/mol. The number of anilines is 1. The molecule has 0 radical (unpaired) electrons. The highest BCUT2D eigenvalue weighted by atomic mass is 19.1. The topological polar surface area (TPSA) is 81.0 Å². The number of amides is 1. The molecule has 0 aliphatic carbocycles. The maximum Gasteiger partial charge on any atom is 0.255 e. The second-order valence-corrected chi connectivity index (χ2v) is 12.1. The number of aryl methyl sites for hydroxylation is 1. The van der Waals surface area contributed by atoms with Crippen molar-refractivity contribution in [2.45, 2.75) is 26.8 Å². The number of fused-ring (bicyclic) bond motifs is 1. The van der Waals surface area contributed by atoms with Gasteiger partial charge in [-0.05, 0) is 86.0 Å². The third-order valence-electron chi connectivity index (χ3n) is 9.05. The zero-order valence-electron chi connectivity index (χ0n) is 26.0. The Morgan fingerprint density at radius 3 is 2.13 bits per heavy atom. The van der Waals surface area contributed by atoms with E-state index in [4.69, 9.17) is 0 Å². The number of likely N-dealkylation sites (N-methyl/N-ethyl adjacent to an activating group) is 1. The van der Waals surface area contributed by atoms with Gasteiger partial charge in [0.25, 0.3) is 5.91 Å². The first-order chi connectivity index (χ1) is 21.7. The first kappa shape index (κ1) is 30.4. The monoisotopic (exact) mass is 606 g/mol. The molecule has 1 amide bonds. The van der Waals surface area contributed by atoms with Crippen LogP contribution in [0, 0.1) is 19.7 Å². The Labute approximate surface area is 263 Å². The molecule has 0 unspecified atom stereocenters. The van der Waals surface area contributed by atoms with E-state index < -0.39 is 5.82 Å². The highest BCUT2D eigenvalue weighted by molar-refractivity contribution is 6.04. The second kappa shape index (κ2) is 12.8. The Hall–Kier alpha value is -4.66. The number of phenols is 2. The maximum atomic E-state index is 13.3. The Morgan fingerprint density at radius 2 is 1.47 bits per heavy atom. The molecular formula is C37H39FN4O3. The van der Waals surface area contributed by atoms with Crippen molar-refractivity contribution in [2.24, 2.45) is 0 Å². The molecule has 3 N–H and O–H groups in total. The van der Waals surface area contributed by atoms with Gasteiger partial charge in [-0.3, -0.25) is 9.69 Å². The zero-order valence-corrected chi connectivity index (χ0v) is 26.0. The van der Waals surface area contributed by atoms with Gasteiger partial charge in [-0.2, -0.15) is 0 Å². The van der Waals surface area contributed by atoms with Crippen LogP contribution in [0.5, 0.6) is 11.5 Å². The van der Waals surface area contributed by atoms with Gasteiger partial charge in [0.2, 0.25) is 0 Å². The number of halogens is 1. The second-order valence-electron chi connectivity index (χ2n) is 12.1. The van der Waals surface area contributed by atoms with Gasteiger partial charge in [-0.25, -0.2) is 4.39 Å². The Morgan fingerprint density at radius 1 is 0.822 bits per heavy atom. The Balaban J connectivity index is 1.11. The molecule has 0 bridgehead atoms. The number of phenolic OH excluding ortho intramolecular Hbond substituents is 2. The molecule has 1 aliphatic rings. The number of carbonyl (C=O) groups excluding carboxylic acids is 1. The van der Waals surface area contributed by atoms with Crippen LogP contribution in [0.4, 0.5) is 10.1 Å². The van der Waals surface area contributed by atoms with Crippen LogP contribution < -0.4 is 5.32 Å². The van der Waals surface area contributed by atoms with Crippen molar-refractivity contribution in [3.8, 4) is 22.6 Å². The smallest absolute Gasteiger partial charge is 0.255 e. The number of benzene rings is 4. The number of aromatic hydroxyl groups is 2. The molecule has 45 heavy (non-hydrogen) atoms. The summed E-state index contributed by atoms with van der Waals surface area (Å²) in [5.74, 6) is -1.22. The van der Waals surface area contributed by atoms with Crippen LogP contribution in [0.3, 0.4) is 0 Å². The molecule has 1 saturated heterocycles. The lowest BCUT2D eigenvalue weighted by Crippen LogP contribution is -2.45. The van der Waals surface area contributed by atoms with E-state index in [9.17, 15) is 19.4 Å². The Kier molecular flexibility index (Phi) is 8.61. The largest absolute Gasteiger partial charge is 0.507 e. The number of piperazine rings is 1. The van der Waals surface area contributed by atoms with Crippen molar-refractivity contribution in [1.82, 2.24) is 14.4 Å². The van der Waals surface area contributed by atoms with Crippen LogP contribution in [-0.4, -0.2) is 70.3 Å². The van der Waals surface area contributed by atoms with Crippen LogP contribution in [0.1, 0.15) is 32.7 Å². The normalized spacial score (nSPS) is 14.2. The van der Waals surface area contributed by atoms with E-state index in [-0.39, 0.29) is 28.7 Å². The van der Waals surface area contributed by atoms with E-state index in [1.54, 1.807) is 12.1 Å². The van der Waals surface area contributed by atoms with Crippen molar-refractivity contribution in [3.63, 3.8) is 0 Å². The first-order valence-corrected chi connectivity index (χ1v) is 15.4. The van der Waals surface area contributed by atoms with E-state index >= 15 is 0 Å². The maximum absolute atomic E-state index is 13.3. The SMILES string of the molecule is Cc1c(C)n(CCN2CCN(C)CC2)c2ccc(Cc3ccc(C(=O)Nc4cc(O)c(-c5ccc(F)cc5)c(O)c4)cc3)cc12. The summed E-state index contributed by atoms with van der Waals surface area (Å²) >= 11 is 0. The molecule has 5 aromatic rings. The van der Waals surface area contributed by atoms with Gasteiger partial charge in [0, 0.05) is 79.2 Å². The molecule has 0 spiro atoms. The fourth-order valence-corrected chi connectivity index (χ4v) is 6.22. The number of hydrogen-bond acceptors (Lipinski definition) is 5. The summed E-state index contributed by atoms with van der Waals surface area (Å²) in [6.07, 6.45) is 0.745. The fraction of sp³-hybridized carbons (Fsp3) is 0.270. The Bertz CT molecular complexity index is 1820. The third kappa shape index (κ3) is 6.57. The summed E-state index contributed by atoms with van der Waals surface area (Å²) in [4.78, 5) is 17.9. The van der Waals surface area contributed by atoms with Crippen LogP contribution in [0.25, 0.3) is 22.0 Å². The fourth-order valence-electron chi connectivity index (χ4n) is 6.22. The number of hydrogen-bond donors (Lipinski definition) is 3. The third-order valence-corrected chi connectivity index (χ3v) is 9.05. The molecule has 1 fully saturated rings. The average Bonchev–Trinajstić information content (AvgIpc) is 3.26. The minimum atomic E-state index is -0.416. The van der Waals surface area contributed by atoms with E-state index in [1.807, 2.05) is 12.1 Å². The van der Waals surface area contributed by atoms with Gasteiger partial charge >= 0.3 is 0 Å². The minimum Gasteiger partial charge on any atom is -0.507 e. The predicted octanol–water partition coefficient (Wildman–Crippen LogP) is 6.57. The van der Waals surface area contributed by atoms with E-state index in [2.05, 4.69) is 58.8 Å². The van der Waals surface area contributed by atoms with Gasteiger partial charge in [0.15, 0.2) is 0 Å². The van der Waals surface area contributed by atoms with Crippen LogP contribution >= 0.6 is 0 Å². The van der Waals surface area contributed by atoms with Crippen molar-refractivity contribution in [2.75, 3.05) is 45.1 Å². The van der Waals surface area contributed by atoms with Gasteiger partial charge in [0.1, 0.15) is 17.3 Å². The molecule has 2 heterocycles. The lowest BCUT2D eigenvalue weighted by molar-refractivity contribution is 0.102. The summed E-state index contributed by atoms with van der Waals surface area (Å²) in [6.45, 7) is 11.0. The molecule has 1 aliphatic heterocycles. The number of rotatable bonds is 8. The highest BCUT2D eigenvalue weighted by Crippen LogP contribution is 2.40. The quantitative estimate of drug-likeness (QED) is 0.186. The number of aromatic nitrogens is 1. The zero-order chi connectivity index (χ0) is 31.7. The molecule has 0 atom stereocenters. The molecule has 232 valence electrons. The number of nitrogens with one attached hydrogen (secondary N) is 1. The molecule has 0 saturated carbocycles. The van der Waals surface area contributed by atoms with Crippen molar-refractivity contribution < 1.29 is 19.4 Å². The van der Waals surface area contributed by atoms with E-state index in [0.717, 1.165) is 51.3 Å². The van der Waals surface area contributed by atoms with E-state index in [1.165, 1.54) is 64.1 Å². The van der Waals surface area contributed by atoms with Gasteiger partial charge in [-0.1, -0.05) is 30.3 Å².